The molecule has 0 atom stereocenters. The number of hydrogen-bond acceptors (Lipinski definition) is 3. The van der Waals surface area contributed by atoms with Crippen molar-refractivity contribution in [2.45, 2.75) is 26.7 Å². The summed E-state index contributed by atoms with van der Waals surface area (Å²) in [6.07, 6.45) is 3.34. The highest BCUT2D eigenvalue weighted by Gasteiger charge is 2.11. The summed E-state index contributed by atoms with van der Waals surface area (Å²) >= 11 is 0. The van der Waals surface area contributed by atoms with Crippen molar-refractivity contribution < 1.29 is 0 Å². The second kappa shape index (κ2) is 3.81. The third-order valence-corrected chi connectivity index (χ3v) is 2.22. The standard InChI is InChI=1S/C11H14N4/c1-8(2)11-10(5-4-9(3)14-11)15-12-6-7-13-15/h4-8H,1-3H3. The molecule has 2 aromatic heterocycles. The number of pyridine rings is 1. The van der Waals surface area contributed by atoms with Crippen LogP contribution in [0, 0.1) is 6.92 Å². The summed E-state index contributed by atoms with van der Waals surface area (Å²) in [5.74, 6) is 0.367. The van der Waals surface area contributed by atoms with Crippen LogP contribution in [0.15, 0.2) is 24.5 Å². The molecule has 15 heavy (non-hydrogen) atoms. The minimum absolute atomic E-state index is 0.367. The minimum atomic E-state index is 0.367. The molecule has 0 saturated carbocycles. The van der Waals surface area contributed by atoms with Gasteiger partial charge in [0.25, 0.3) is 0 Å². The van der Waals surface area contributed by atoms with Crippen LogP contribution in [0.25, 0.3) is 5.69 Å². The van der Waals surface area contributed by atoms with Crippen LogP contribution in [0.5, 0.6) is 0 Å². The summed E-state index contributed by atoms with van der Waals surface area (Å²) in [7, 11) is 0. The summed E-state index contributed by atoms with van der Waals surface area (Å²) in [6.45, 7) is 6.23. The maximum absolute atomic E-state index is 4.53. The Labute approximate surface area is 89.0 Å². The predicted molar refractivity (Wildman–Crippen MR) is 58.0 cm³/mol. The van der Waals surface area contributed by atoms with E-state index in [1.54, 1.807) is 17.2 Å². The first kappa shape index (κ1) is 9.83. The van der Waals surface area contributed by atoms with E-state index in [1.807, 2.05) is 19.1 Å². The Morgan fingerprint density at radius 2 is 1.80 bits per heavy atom. The second-order valence-electron chi connectivity index (χ2n) is 3.83. The molecule has 0 N–H and O–H groups in total. The second-order valence-corrected chi connectivity index (χ2v) is 3.83. The Morgan fingerprint density at radius 1 is 1.13 bits per heavy atom. The van der Waals surface area contributed by atoms with Crippen LogP contribution in [-0.4, -0.2) is 20.0 Å². The van der Waals surface area contributed by atoms with Crippen LogP contribution in [0.3, 0.4) is 0 Å². The first-order valence-electron chi connectivity index (χ1n) is 5.02. The van der Waals surface area contributed by atoms with E-state index in [4.69, 9.17) is 0 Å². The molecule has 2 heterocycles. The lowest BCUT2D eigenvalue weighted by atomic mass is 10.1. The van der Waals surface area contributed by atoms with Gasteiger partial charge in [0.05, 0.1) is 18.1 Å². The lowest BCUT2D eigenvalue weighted by Crippen LogP contribution is -2.07. The summed E-state index contributed by atoms with van der Waals surface area (Å²) in [6, 6.07) is 3.99. The van der Waals surface area contributed by atoms with E-state index < -0.39 is 0 Å². The molecule has 0 aliphatic rings. The van der Waals surface area contributed by atoms with E-state index in [9.17, 15) is 0 Å². The molecule has 0 fully saturated rings. The Balaban J connectivity index is 2.56. The van der Waals surface area contributed by atoms with Gasteiger partial charge < -0.3 is 0 Å². The van der Waals surface area contributed by atoms with Gasteiger partial charge in [-0.25, -0.2) is 0 Å². The fourth-order valence-corrected chi connectivity index (χ4v) is 1.50. The zero-order chi connectivity index (χ0) is 10.8. The number of nitrogens with zero attached hydrogens (tertiary/aromatic N) is 4. The summed E-state index contributed by atoms with van der Waals surface area (Å²) in [5.41, 5.74) is 3.02. The van der Waals surface area contributed by atoms with Gasteiger partial charge in [-0.3, -0.25) is 4.98 Å². The molecule has 0 aromatic carbocycles. The minimum Gasteiger partial charge on any atom is -0.256 e. The molecule has 4 heteroatoms. The van der Waals surface area contributed by atoms with Crippen LogP contribution in [0.2, 0.25) is 0 Å². The topological polar surface area (TPSA) is 43.6 Å². The van der Waals surface area contributed by atoms with Gasteiger partial charge in [0, 0.05) is 5.69 Å². The molecule has 0 amide bonds. The molecule has 2 aromatic rings. The molecular formula is C11H14N4. The average Bonchev–Trinajstić information content (AvgIpc) is 2.70. The van der Waals surface area contributed by atoms with Gasteiger partial charge in [0.2, 0.25) is 0 Å². The Kier molecular flexibility index (Phi) is 2.49. The number of rotatable bonds is 2. The smallest absolute Gasteiger partial charge is 0.107 e. The largest absolute Gasteiger partial charge is 0.256 e. The van der Waals surface area contributed by atoms with Crippen molar-refractivity contribution in [3.8, 4) is 5.69 Å². The van der Waals surface area contributed by atoms with Crippen molar-refractivity contribution >= 4 is 0 Å². The lowest BCUT2D eigenvalue weighted by molar-refractivity contribution is 0.709. The van der Waals surface area contributed by atoms with Crippen molar-refractivity contribution in [1.29, 1.82) is 0 Å². The maximum atomic E-state index is 4.53. The Morgan fingerprint density at radius 3 is 2.40 bits per heavy atom. The fourth-order valence-electron chi connectivity index (χ4n) is 1.50. The average molecular weight is 202 g/mol. The number of aromatic nitrogens is 4. The van der Waals surface area contributed by atoms with Crippen molar-refractivity contribution in [2.75, 3.05) is 0 Å². The van der Waals surface area contributed by atoms with Gasteiger partial charge in [-0.2, -0.15) is 10.2 Å². The van der Waals surface area contributed by atoms with Gasteiger partial charge in [-0.15, -0.1) is 4.80 Å². The van der Waals surface area contributed by atoms with Gasteiger partial charge in [-0.1, -0.05) is 13.8 Å². The zero-order valence-electron chi connectivity index (χ0n) is 9.18. The van der Waals surface area contributed by atoms with Gasteiger partial charge >= 0.3 is 0 Å². The maximum Gasteiger partial charge on any atom is 0.107 e. The monoisotopic (exact) mass is 202 g/mol. The Bertz CT molecular complexity index is 446. The van der Waals surface area contributed by atoms with E-state index in [0.29, 0.717) is 5.92 Å². The molecule has 0 unspecified atom stereocenters. The summed E-state index contributed by atoms with van der Waals surface area (Å²) in [4.78, 5) is 6.14. The molecular weight excluding hydrogens is 188 g/mol. The van der Waals surface area contributed by atoms with Crippen LogP contribution >= 0.6 is 0 Å². The third kappa shape index (κ3) is 1.88. The molecule has 78 valence electrons. The third-order valence-electron chi connectivity index (χ3n) is 2.22. The van der Waals surface area contributed by atoms with Gasteiger partial charge in [0.15, 0.2) is 0 Å². The number of hydrogen-bond donors (Lipinski definition) is 0. The lowest BCUT2D eigenvalue weighted by Gasteiger charge is -2.11. The molecule has 0 aliphatic carbocycles. The van der Waals surface area contributed by atoms with Gasteiger partial charge in [0.1, 0.15) is 5.69 Å². The Hall–Kier alpha value is -1.71. The van der Waals surface area contributed by atoms with E-state index in [1.165, 1.54) is 0 Å². The van der Waals surface area contributed by atoms with Crippen molar-refractivity contribution in [1.82, 2.24) is 20.0 Å². The highest BCUT2D eigenvalue weighted by molar-refractivity contribution is 5.37. The first-order valence-corrected chi connectivity index (χ1v) is 5.02. The van der Waals surface area contributed by atoms with E-state index in [2.05, 4.69) is 29.0 Å². The van der Waals surface area contributed by atoms with Crippen LogP contribution in [-0.2, 0) is 0 Å². The van der Waals surface area contributed by atoms with Gasteiger partial charge in [-0.05, 0) is 25.0 Å². The summed E-state index contributed by atoms with van der Waals surface area (Å²) < 4.78 is 0. The molecule has 0 spiro atoms. The highest BCUT2D eigenvalue weighted by atomic mass is 15.5. The van der Waals surface area contributed by atoms with Crippen molar-refractivity contribution in [3.05, 3.63) is 35.9 Å². The fraction of sp³-hybridized carbons (Fsp3) is 0.364. The molecule has 4 nitrogen and oxygen atoms in total. The molecule has 2 rings (SSSR count). The van der Waals surface area contributed by atoms with E-state index >= 15 is 0 Å². The normalized spacial score (nSPS) is 10.9. The van der Waals surface area contributed by atoms with Crippen LogP contribution in [0.4, 0.5) is 0 Å². The zero-order valence-corrected chi connectivity index (χ0v) is 9.18. The van der Waals surface area contributed by atoms with E-state index in [-0.39, 0.29) is 0 Å². The van der Waals surface area contributed by atoms with E-state index in [0.717, 1.165) is 17.1 Å². The molecule has 0 radical (unpaired) electrons. The number of aryl methyl sites for hydroxylation is 1. The summed E-state index contributed by atoms with van der Waals surface area (Å²) in [5, 5.41) is 8.25. The quantitative estimate of drug-likeness (QED) is 0.749. The van der Waals surface area contributed by atoms with Crippen LogP contribution < -0.4 is 0 Å². The SMILES string of the molecule is Cc1ccc(-n2nccn2)c(C(C)C)n1. The molecule has 0 saturated heterocycles. The van der Waals surface area contributed by atoms with Crippen molar-refractivity contribution in [3.63, 3.8) is 0 Å². The highest BCUT2D eigenvalue weighted by Crippen LogP contribution is 2.19. The van der Waals surface area contributed by atoms with Crippen molar-refractivity contribution in [2.24, 2.45) is 0 Å². The van der Waals surface area contributed by atoms with Crippen LogP contribution in [0.1, 0.15) is 31.2 Å². The first-order chi connectivity index (χ1) is 7.18. The molecule has 0 aliphatic heterocycles. The predicted octanol–water partition coefficient (Wildman–Crippen LogP) is 2.09. The molecule has 0 bridgehead atoms.